The van der Waals surface area contributed by atoms with Crippen LogP contribution in [0.2, 0.25) is 0 Å². The van der Waals surface area contributed by atoms with E-state index < -0.39 is 8.80 Å². The standard InChI is InChI=1S/C17H28O3Si/c1-14(2)18-21(19-15(3)4,20-16(5)6)13-12-17-10-8-7-9-11-17/h7-16H,1-6H3. The van der Waals surface area contributed by atoms with Gasteiger partial charge >= 0.3 is 8.80 Å². The second-order valence-corrected chi connectivity index (χ2v) is 8.09. The third kappa shape index (κ3) is 7.04. The molecule has 0 aliphatic carbocycles. The molecule has 0 heterocycles. The average molecular weight is 308 g/mol. The van der Waals surface area contributed by atoms with Crippen molar-refractivity contribution < 1.29 is 13.3 Å². The number of benzene rings is 1. The van der Waals surface area contributed by atoms with Crippen molar-refractivity contribution in [3.63, 3.8) is 0 Å². The molecule has 0 aliphatic rings. The first kappa shape index (κ1) is 18.1. The fraction of sp³-hybridized carbons (Fsp3) is 0.529. The molecule has 0 atom stereocenters. The third-order valence-electron chi connectivity index (χ3n) is 2.48. The van der Waals surface area contributed by atoms with Gasteiger partial charge in [-0.05, 0) is 52.8 Å². The zero-order valence-corrected chi connectivity index (χ0v) is 15.0. The van der Waals surface area contributed by atoms with Crippen LogP contribution in [0.15, 0.2) is 36.0 Å². The Morgan fingerprint density at radius 3 is 1.57 bits per heavy atom. The molecule has 3 nitrogen and oxygen atoms in total. The Bertz CT molecular complexity index is 400. The van der Waals surface area contributed by atoms with E-state index in [9.17, 15) is 0 Å². The maximum absolute atomic E-state index is 6.09. The zero-order valence-electron chi connectivity index (χ0n) is 14.0. The topological polar surface area (TPSA) is 27.7 Å². The predicted molar refractivity (Wildman–Crippen MR) is 89.9 cm³/mol. The largest absolute Gasteiger partial charge is 0.530 e. The zero-order chi connectivity index (χ0) is 15.9. The van der Waals surface area contributed by atoms with Crippen LogP contribution in [0.3, 0.4) is 0 Å². The molecule has 0 aliphatic heterocycles. The van der Waals surface area contributed by atoms with Crippen molar-refractivity contribution in [1.29, 1.82) is 0 Å². The van der Waals surface area contributed by atoms with E-state index in [1.54, 1.807) is 0 Å². The van der Waals surface area contributed by atoms with E-state index in [1.807, 2.05) is 71.5 Å². The Balaban J connectivity index is 3.04. The summed E-state index contributed by atoms with van der Waals surface area (Å²) < 4.78 is 18.3. The molecule has 4 heteroatoms. The number of hydrogen-bond acceptors (Lipinski definition) is 3. The van der Waals surface area contributed by atoms with E-state index in [4.69, 9.17) is 13.3 Å². The fourth-order valence-electron chi connectivity index (χ4n) is 1.95. The molecule has 0 saturated carbocycles. The Morgan fingerprint density at radius 1 is 0.762 bits per heavy atom. The van der Waals surface area contributed by atoms with Gasteiger partial charge in [-0.3, -0.25) is 0 Å². The first-order chi connectivity index (χ1) is 9.83. The molecule has 118 valence electrons. The predicted octanol–water partition coefficient (Wildman–Crippen LogP) is 4.45. The highest BCUT2D eigenvalue weighted by Crippen LogP contribution is 2.20. The molecule has 0 fully saturated rings. The summed E-state index contributed by atoms with van der Waals surface area (Å²) in [5, 5.41) is 0. The van der Waals surface area contributed by atoms with Gasteiger partial charge in [0.05, 0.1) is 0 Å². The summed E-state index contributed by atoms with van der Waals surface area (Å²) in [4.78, 5) is 0. The minimum absolute atomic E-state index is 0.0505. The maximum Gasteiger partial charge on any atom is 0.530 e. The summed E-state index contributed by atoms with van der Waals surface area (Å²) in [6, 6.07) is 10.1. The molecule has 0 unspecified atom stereocenters. The Kier molecular flexibility index (Phi) is 7.32. The quantitative estimate of drug-likeness (QED) is 0.664. The molecule has 21 heavy (non-hydrogen) atoms. The Labute approximate surface area is 130 Å². The van der Waals surface area contributed by atoms with Crippen molar-refractivity contribution in [2.75, 3.05) is 0 Å². The van der Waals surface area contributed by atoms with Gasteiger partial charge in [-0.2, -0.15) is 0 Å². The molecule has 1 rings (SSSR count). The van der Waals surface area contributed by atoms with Crippen LogP contribution in [0, 0.1) is 0 Å². The van der Waals surface area contributed by atoms with E-state index in [1.165, 1.54) is 0 Å². The van der Waals surface area contributed by atoms with Crippen LogP contribution in [0.5, 0.6) is 0 Å². The summed E-state index contributed by atoms with van der Waals surface area (Å²) in [6.45, 7) is 12.0. The molecule has 0 amide bonds. The summed E-state index contributed by atoms with van der Waals surface area (Å²) in [5.41, 5.74) is 3.10. The second kappa shape index (κ2) is 8.49. The normalized spacial score (nSPS) is 13.0. The molecule has 1 aromatic carbocycles. The monoisotopic (exact) mass is 308 g/mol. The van der Waals surface area contributed by atoms with Crippen molar-refractivity contribution in [3.05, 3.63) is 41.6 Å². The number of rotatable bonds is 8. The SMILES string of the molecule is CC(C)O[Si](C=Cc1ccccc1)(OC(C)C)OC(C)C. The van der Waals surface area contributed by atoms with Gasteiger partial charge in [0.25, 0.3) is 0 Å². The molecule has 0 N–H and O–H groups in total. The average Bonchev–Trinajstić information content (AvgIpc) is 2.35. The van der Waals surface area contributed by atoms with E-state index >= 15 is 0 Å². The van der Waals surface area contributed by atoms with E-state index in [0.29, 0.717) is 0 Å². The first-order valence-electron chi connectivity index (χ1n) is 7.60. The molecule has 0 spiro atoms. The van der Waals surface area contributed by atoms with Gasteiger partial charge < -0.3 is 13.3 Å². The van der Waals surface area contributed by atoms with Crippen molar-refractivity contribution in [2.24, 2.45) is 0 Å². The van der Waals surface area contributed by atoms with Crippen LogP contribution < -0.4 is 0 Å². The molecular weight excluding hydrogens is 280 g/mol. The van der Waals surface area contributed by atoms with Crippen molar-refractivity contribution >= 4 is 14.9 Å². The van der Waals surface area contributed by atoms with Crippen LogP contribution in [-0.4, -0.2) is 27.1 Å². The minimum atomic E-state index is -2.85. The van der Waals surface area contributed by atoms with Gasteiger partial charge in [-0.1, -0.05) is 36.4 Å². The highest BCUT2D eigenvalue weighted by atomic mass is 28.4. The maximum atomic E-state index is 6.09. The van der Waals surface area contributed by atoms with Gasteiger partial charge in [-0.25, -0.2) is 0 Å². The van der Waals surface area contributed by atoms with Crippen molar-refractivity contribution in [1.82, 2.24) is 0 Å². The molecular formula is C17H28O3Si. The van der Waals surface area contributed by atoms with Gasteiger partial charge in [0, 0.05) is 18.3 Å². The summed E-state index contributed by atoms with van der Waals surface area (Å²) in [5.74, 6) is 0. The molecule has 0 aromatic heterocycles. The number of hydrogen-bond donors (Lipinski definition) is 0. The lowest BCUT2D eigenvalue weighted by Gasteiger charge is -2.32. The second-order valence-electron chi connectivity index (χ2n) is 5.85. The summed E-state index contributed by atoms with van der Waals surface area (Å²) in [7, 11) is -2.85. The minimum Gasteiger partial charge on any atom is -0.368 e. The Morgan fingerprint density at radius 2 is 1.19 bits per heavy atom. The van der Waals surface area contributed by atoms with E-state index in [-0.39, 0.29) is 18.3 Å². The first-order valence-corrected chi connectivity index (χ1v) is 9.41. The lowest BCUT2D eigenvalue weighted by atomic mass is 10.2. The van der Waals surface area contributed by atoms with Crippen molar-refractivity contribution in [2.45, 2.75) is 59.9 Å². The fourth-order valence-corrected chi connectivity index (χ4v) is 4.72. The molecule has 0 saturated heterocycles. The van der Waals surface area contributed by atoms with Gasteiger partial charge in [0.2, 0.25) is 0 Å². The van der Waals surface area contributed by atoms with Gasteiger partial charge in [0.15, 0.2) is 0 Å². The lowest BCUT2D eigenvalue weighted by Crippen LogP contribution is -2.49. The van der Waals surface area contributed by atoms with Crippen LogP contribution in [-0.2, 0) is 13.3 Å². The van der Waals surface area contributed by atoms with Gasteiger partial charge in [0.1, 0.15) is 0 Å². The van der Waals surface area contributed by atoms with Crippen LogP contribution >= 0.6 is 0 Å². The Hall–Kier alpha value is -0.943. The van der Waals surface area contributed by atoms with E-state index in [0.717, 1.165) is 5.56 Å². The molecule has 1 aromatic rings. The van der Waals surface area contributed by atoms with Crippen LogP contribution in [0.4, 0.5) is 0 Å². The summed E-state index contributed by atoms with van der Waals surface area (Å²) >= 11 is 0. The third-order valence-corrected chi connectivity index (χ3v) is 5.45. The van der Waals surface area contributed by atoms with Crippen LogP contribution in [0.25, 0.3) is 6.08 Å². The highest BCUT2D eigenvalue weighted by molar-refractivity contribution is 6.67. The smallest absolute Gasteiger partial charge is 0.368 e. The van der Waals surface area contributed by atoms with Crippen molar-refractivity contribution in [3.8, 4) is 0 Å². The van der Waals surface area contributed by atoms with E-state index in [2.05, 4.69) is 12.1 Å². The molecule has 0 radical (unpaired) electrons. The summed E-state index contributed by atoms with van der Waals surface area (Å²) in [6.07, 6.45) is 2.18. The lowest BCUT2D eigenvalue weighted by molar-refractivity contribution is 0.0141. The highest BCUT2D eigenvalue weighted by Gasteiger charge is 2.41. The molecule has 0 bridgehead atoms. The van der Waals surface area contributed by atoms with Crippen LogP contribution in [0.1, 0.15) is 47.1 Å². The van der Waals surface area contributed by atoms with Gasteiger partial charge in [-0.15, -0.1) is 0 Å².